The molecule has 7 nitrogen and oxygen atoms in total. The number of rotatable bonds is 7. The van der Waals surface area contributed by atoms with E-state index in [4.69, 9.17) is 9.26 Å². The molecule has 4 aromatic rings. The van der Waals surface area contributed by atoms with E-state index in [9.17, 15) is 0 Å². The summed E-state index contributed by atoms with van der Waals surface area (Å²) in [4.78, 5) is 13.4. The van der Waals surface area contributed by atoms with Gasteiger partial charge in [0, 0.05) is 50.7 Å². The third-order valence-electron chi connectivity index (χ3n) is 5.28. The molecule has 0 bridgehead atoms. The van der Waals surface area contributed by atoms with Crippen LogP contribution in [0.5, 0.6) is 5.75 Å². The number of anilines is 1. The normalized spacial score (nSPS) is 15.0. The Bertz CT molecular complexity index is 1090. The SMILES string of the molecule is c1cnc(N2CCN(CCCOc3cccc(-c4noc5ccsc45)c3)CC2)nc1. The largest absolute Gasteiger partial charge is 0.494 e. The molecule has 154 valence electrons. The zero-order valence-electron chi connectivity index (χ0n) is 16.6. The fourth-order valence-electron chi connectivity index (χ4n) is 3.70. The Hall–Kier alpha value is -2.97. The Labute approximate surface area is 178 Å². The molecule has 0 atom stereocenters. The number of fused-ring (bicyclic) bond motifs is 1. The fraction of sp³-hybridized carbons (Fsp3) is 0.318. The van der Waals surface area contributed by atoms with Gasteiger partial charge in [0.2, 0.25) is 5.95 Å². The number of aromatic nitrogens is 3. The molecule has 1 saturated heterocycles. The summed E-state index contributed by atoms with van der Waals surface area (Å²) in [5.74, 6) is 1.69. The summed E-state index contributed by atoms with van der Waals surface area (Å²) in [6.45, 7) is 5.69. The number of piperazine rings is 1. The molecule has 4 heterocycles. The van der Waals surface area contributed by atoms with E-state index >= 15 is 0 Å². The van der Waals surface area contributed by atoms with Crippen LogP contribution in [0.4, 0.5) is 5.95 Å². The third kappa shape index (κ3) is 4.15. The van der Waals surface area contributed by atoms with E-state index in [2.05, 4.69) is 24.9 Å². The maximum atomic E-state index is 6.01. The van der Waals surface area contributed by atoms with Crippen LogP contribution in [0, 0.1) is 0 Å². The molecule has 0 radical (unpaired) electrons. The zero-order chi connectivity index (χ0) is 20.2. The average molecular weight is 422 g/mol. The van der Waals surface area contributed by atoms with Gasteiger partial charge in [-0.25, -0.2) is 9.97 Å². The first kappa shape index (κ1) is 19.0. The van der Waals surface area contributed by atoms with Crippen LogP contribution in [0.15, 0.2) is 58.7 Å². The third-order valence-corrected chi connectivity index (χ3v) is 6.18. The summed E-state index contributed by atoms with van der Waals surface area (Å²) >= 11 is 1.64. The van der Waals surface area contributed by atoms with Gasteiger partial charge in [-0.05, 0) is 36.1 Å². The predicted octanol–water partition coefficient (Wildman–Crippen LogP) is 3.94. The smallest absolute Gasteiger partial charge is 0.225 e. The Balaban J connectivity index is 1.09. The number of benzene rings is 1. The highest BCUT2D eigenvalue weighted by Crippen LogP contribution is 2.33. The van der Waals surface area contributed by atoms with Crippen molar-refractivity contribution < 1.29 is 9.26 Å². The second-order valence-corrected chi connectivity index (χ2v) is 8.17. The fourth-order valence-corrected chi connectivity index (χ4v) is 4.52. The van der Waals surface area contributed by atoms with Crippen molar-refractivity contribution in [2.24, 2.45) is 0 Å². The van der Waals surface area contributed by atoms with Gasteiger partial charge in [0.15, 0.2) is 5.58 Å². The van der Waals surface area contributed by atoms with E-state index in [0.29, 0.717) is 6.61 Å². The molecule has 1 aliphatic rings. The van der Waals surface area contributed by atoms with Crippen LogP contribution in [0.1, 0.15) is 6.42 Å². The molecular weight excluding hydrogens is 398 g/mol. The van der Waals surface area contributed by atoms with Gasteiger partial charge in [-0.2, -0.15) is 0 Å². The highest BCUT2D eigenvalue weighted by atomic mass is 32.1. The number of hydrogen-bond acceptors (Lipinski definition) is 8. The first-order chi connectivity index (χ1) is 14.9. The molecule has 0 amide bonds. The summed E-state index contributed by atoms with van der Waals surface area (Å²) < 4.78 is 12.5. The van der Waals surface area contributed by atoms with Crippen LogP contribution in [-0.2, 0) is 0 Å². The monoisotopic (exact) mass is 421 g/mol. The Kier molecular flexibility index (Phi) is 5.58. The van der Waals surface area contributed by atoms with E-state index in [1.807, 2.05) is 41.8 Å². The van der Waals surface area contributed by atoms with Gasteiger partial charge in [-0.3, -0.25) is 4.90 Å². The lowest BCUT2D eigenvalue weighted by molar-refractivity contribution is 0.224. The lowest BCUT2D eigenvalue weighted by Gasteiger charge is -2.34. The Morgan fingerprint density at radius 1 is 1.03 bits per heavy atom. The van der Waals surface area contributed by atoms with Gasteiger partial charge in [0.05, 0.1) is 6.61 Å². The summed E-state index contributed by atoms with van der Waals surface area (Å²) in [6.07, 6.45) is 4.59. The number of ether oxygens (including phenoxy) is 1. The van der Waals surface area contributed by atoms with Crippen LogP contribution in [0.2, 0.25) is 0 Å². The molecule has 5 rings (SSSR count). The topological polar surface area (TPSA) is 67.5 Å². The van der Waals surface area contributed by atoms with Crippen molar-refractivity contribution in [1.82, 2.24) is 20.0 Å². The van der Waals surface area contributed by atoms with Crippen LogP contribution >= 0.6 is 11.3 Å². The summed E-state index contributed by atoms with van der Waals surface area (Å²) in [7, 11) is 0. The lowest BCUT2D eigenvalue weighted by Crippen LogP contribution is -2.47. The zero-order valence-corrected chi connectivity index (χ0v) is 17.4. The highest BCUT2D eigenvalue weighted by molar-refractivity contribution is 7.17. The van der Waals surface area contributed by atoms with Crippen LogP contribution in [0.25, 0.3) is 21.5 Å². The molecule has 0 N–H and O–H groups in total. The van der Waals surface area contributed by atoms with Crippen molar-refractivity contribution in [3.05, 3.63) is 54.2 Å². The number of nitrogens with zero attached hydrogens (tertiary/aromatic N) is 5. The minimum Gasteiger partial charge on any atom is -0.494 e. The van der Waals surface area contributed by atoms with E-state index < -0.39 is 0 Å². The molecule has 1 aliphatic heterocycles. The van der Waals surface area contributed by atoms with Gasteiger partial charge in [-0.15, -0.1) is 11.3 Å². The maximum absolute atomic E-state index is 6.01. The molecule has 8 heteroatoms. The molecular formula is C22H23N5O2S. The average Bonchev–Trinajstić information content (AvgIpc) is 3.42. The van der Waals surface area contributed by atoms with Crippen molar-refractivity contribution in [2.75, 3.05) is 44.2 Å². The van der Waals surface area contributed by atoms with Crippen LogP contribution in [-0.4, -0.2) is 59.4 Å². The molecule has 0 unspecified atom stereocenters. The molecule has 30 heavy (non-hydrogen) atoms. The van der Waals surface area contributed by atoms with E-state index in [1.165, 1.54) is 0 Å². The van der Waals surface area contributed by atoms with Crippen LogP contribution < -0.4 is 9.64 Å². The van der Waals surface area contributed by atoms with Crippen molar-refractivity contribution in [2.45, 2.75) is 6.42 Å². The highest BCUT2D eigenvalue weighted by Gasteiger charge is 2.18. The second-order valence-electron chi connectivity index (χ2n) is 7.25. The van der Waals surface area contributed by atoms with Gasteiger partial charge in [-0.1, -0.05) is 17.3 Å². The lowest BCUT2D eigenvalue weighted by atomic mass is 10.1. The van der Waals surface area contributed by atoms with Gasteiger partial charge >= 0.3 is 0 Å². The van der Waals surface area contributed by atoms with Crippen molar-refractivity contribution in [1.29, 1.82) is 0 Å². The predicted molar refractivity (Wildman–Crippen MR) is 118 cm³/mol. The van der Waals surface area contributed by atoms with Gasteiger partial charge in [0.1, 0.15) is 16.1 Å². The number of thiophene rings is 1. The second kappa shape index (κ2) is 8.81. The van der Waals surface area contributed by atoms with Crippen molar-refractivity contribution in [3.8, 4) is 17.0 Å². The van der Waals surface area contributed by atoms with E-state index in [0.717, 1.165) is 72.4 Å². The first-order valence-electron chi connectivity index (χ1n) is 10.2. The summed E-state index contributed by atoms with van der Waals surface area (Å²) in [5, 5.41) is 6.23. The molecule has 0 saturated carbocycles. The maximum Gasteiger partial charge on any atom is 0.225 e. The van der Waals surface area contributed by atoms with Gasteiger partial charge in [0.25, 0.3) is 0 Å². The molecule has 1 aromatic carbocycles. The van der Waals surface area contributed by atoms with Gasteiger partial charge < -0.3 is 14.2 Å². The number of hydrogen-bond donors (Lipinski definition) is 0. The minimum absolute atomic E-state index is 0.693. The molecule has 3 aromatic heterocycles. The first-order valence-corrected chi connectivity index (χ1v) is 11.1. The molecule has 0 aliphatic carbocycles. The Morgan fingerprint density at radius 2 is 1.90 bits per heavy atom. The summed E-state index contributed by atoms with van der Waals surface area (Å²) in [6, 6.07) is 11.9. The Morgan fingerprint density at radius 3 is 2.77 bits per heavy atom. The van der Waals surface area contributed by atoms with Crippen molar-refractivity contribution >= 4 is 27.6 Å². The molecule has 0 spiro atoms. The summed E-state index contributed by atoms with van der Waals surface area (Å²) in [5.41, 5.74) is 2.74. The molecule has 1 fully saturated rings. The van der Waals surface area contributed by atoms with Crippen molar-refractivity contribution in [3.63, 3.8) is 0 Å². The minimum atomic E-state index is 0.693. The quantitative estimate of drug-likeness (QED) is 0.419. The van der Waals surface area contributed by atoms with E-state index in [-0.39, 0.29) is 0 Å². The van der Waals surface area contributed by atoms with E-state index in [1.54, 1.807) is 23.7 Å². The van der Waals surface area contributed by atoms with Crippen LogP contribution in [0.3, 0.4) is 0 Å². The standard InChI is InChI=1S/C22H23N5O2S/c1-4-17(20-21-19(29-25-20)6-15-30-21)16-18(5-1)28-14-3-9-26-10-12-27(13-11-26)22-23-7-2-8-24-22/h1-2,4-8,15-16H,3,9-14H2.